The average molecular weight is 219 g/mol. The van der Waals surface area contributed by atoms with Gasteiger partial charge in [0.05, 0.1) is 6.20 Å². The molecule has 1 heterocycles. The Morgan fingerprint density at radius 1 is 1.31 bits per heavy atom. The van der Waals surface area contributed by atoms with Gasteiger partial charge in [0.1, 0.15) is 12.2 Å². The van der Waals surface area contributed by atoms with Crippen LogP contribution < -0.4 is 0 Å². The van der Waals surface area contributed by atoms with E-state index in [1.165, 1.54) is 18.3 Å². The van der Waals surface area contributed by atoms with Gasteiger partial charge in [-0.1, -0.05) is 17.3 Å². The van der Waals surface area contributed by atoms with Gasteiger partial charge in [0, 0.05) is 5.56 Å². The summed E-state index contributed by atoms with van der Waals surface area (Å²) in [5, 5.41) is 21.4. The summed E-state index contributed by atoms with van der Waals surface area (Å²) in [6.07, 6.45) is 1.25. The molecule has 0 saturated carbocycles. The molecule has 0 atom stereocenters. The maximum absolute atomic E-state index is 10.6. The first-order valence-electron chi connectivity index (χ1n) is 4.61. The number of carboxylic acids is 1. The van der Waals surface area contributed by atoms with Crippen LogP contribution >= 0.6 is 0 Å². The monoisotopic (exact) mass is 219 g/mol. The van der Waals surface area contributed by atoms with E-state index in [4.69, 9.17) is 14.7 Å². The van der Waals surface area contributed by atoms with E-state index in [2.05, 4.69) is 5.16 Å². The van der Waals surface area contributed by atoms with Gasteiger partial charge < -0.3 is 14.7 Å². The second kappa shape index (κ2) is 4.06. The first-order valence-corrected chi connectivity index (χ1v) is 4.61. The number of aromatic nitrogens is 1. The Balaban J connectivity index is 2.36. The Morgan fingerprint density at radius 3 is 2.62 bits per heavy atom. The van der Waals surface area contributed by atoms with E-state index in [1.807, 2.05) is 0 Å². The standard InChI is InChI=1S/C11H9NO4/c13-8-3-1-7(2-4-8)9-6-12-16-10(9)5-11(14)15/h1-4,6,13H,5H2,(H,14,15). The molecule has 0 aliphatic rings. The minimum atomic E-state index is -0.975. The fourth-order valence-electron chi connectivity index (χ4n) is 1.41. The molecule has 2 rings (SSSR count). The SMILES string of the molecule is O=C(O)Cc1oncc1-c1ccc(O)cc1. The summed E-state index contributed by atoms with van der Waals surface area (Å²) in [7, 11) is 0. The number of carboxylic acid groups (broad SMARTS) is 1. The van der Waals surface area contributed by atoms with E-state index in [1.54, 1.807) is 12.1 Å². The van der Waals surface area contributed by atoms with Crippen molar-refractivity contribution >= 4 is 5.97 Å². The summed E-state index contributed by atoms with van der Waals surface area (Å²) in [4.78, 5) is 10.6. The topological polar surface area (TPSA) is 83.6 Å². The number of aliphatic carboxylic acids is 1. The predicted octanol–water partition coefficient (Wildman–Crippen LogP) is 1.67. The Hall–Kier alpha value is -2.30. The summed E-state index contributed by atoms with van der Waals surface area (Å²) >= 11 is 0. The van der Waals surface area contributed by atoms with Gasteiger partial charge in [-0.3, -0.25) is 4.79 Å². The van der Waals surface area contributed by atoms with Crippen LogP contribution in [0.2, 0.25) is 0 Å². The van der Waals surface area contributed by atoms with E-state index in [-0.39, 0.29) is 12.2 Å². The second-order valence-corrected chi connectivity index (χ2v) is 3.28. The summed E-state index contributed by atoms with van der Waals surface area (Å²) in [5.41, 5.74) is 1.39. The first-order chi connectivity index (χ1) is 7.66. The van der Waals surface area contributed by atoms with Gasteiger partial charge in [-0.2, -0.15) is 0 Å². The number of hydrogen-bond donors (Lipinski definition) is 2. The molecule has 5 nitrogen and oxygen atoms in total. The summed E-state index contributed by atoms with van der Waals surface area (Å²) in [6, 6.07) is 6.39. The van der Waals surface area contributed by atoms with Crippen molar-refractivity contribution in [2.24, 2.45) is 0 Å². The van der Waals surface area contributed by atoms with Crippen molar-refractivity contribution in [3.05, 3.63) is 36.2 Å². The van der Waals surface area contributed by atoms with Crippen LogP contribution in [0.15, 0.2) is 35.0 Å². The zero-order valence-electron chi connectivity index (χ0n) is 8.25. The molecule has 0 saturated heterocycles. The van der Waals surface area contributed by atoms with Crippen molar-refractivity contribution in [3.8, 4) is 16.9 Å². The average Bonchev–Trinajstić information content (AvgIpc) is 2.66. The molecule has 1 aromatic heterocycles. The number of aromatic hydroxyl groups is 1. The molecule has 0 bridgehead atoms. The van der Waals surface area contributed by atoms with Gasteiger partial charge >= 0.3 is 5.97 Å². The lowest BCUT2D eigenvalue weighted by atomic mass is 10.1. The van der Waals surface area contributed by atoms with Crippen LogP contribution in [0.5, 0.6) is 5.75 Å². The third-order valence-corrected chi connectivity index (χ3v) is 2.14. The molecule has 0 amide bonds. The number of nitrogens with zero attached hydrogens (tertiary/aromatic N) is 1. The van der Waals surface area contributed by atoms with Crippen LogP contribution in [0, 0.1) is 0 Å². The van der Waals surface area contributed by atoms with Gasteiger partial charge in [0.15, 0.2) is 5.76 Å². The van der Waals surface area contributed by atoms with Crippen LogP contribution in [0.4, 0.5) is 0 Å². The van der Waals surface area contributed by atoms with Gasteiger partial charge in [-0.15, -0.1) is 0 Å². The first kappa shape index (κ1) is 10.2. The van der Waals surface area contributed by atoms with Crippen molar-refractivity contribution in [1.29, 1.82) is 0 Å². The number of phenolic OH excluding ortho intramolecular Hbond substituents is 1. The Morgan fingerprint density at radius 2 is 2.00 bits per heavy atom. The van der Waals surface area contributed by atoms with Crippen molar-refractivity contribution in [2.45, 2.75) is 6.42 Å². The smallest absolute Gasteiger partial charge is 0.311 e. The van der Waals surface area contributed by atoms with E-state index in [9.17, 15) is 4.79 Å². The molecule has 2 aromatic rings. The molecule has 0 fully saturated rings. The molecule has 0 unspecified atom stereocenters. The Bertz CT molecular complexity index is 501. The number of hydrogen-bond acceptors (Lipinski definition) is 4. The second-order valence-electron chi connectivity index (χ2n) is 3.28. The fraction of sp³-hybridized carbons (Fsp3) is 0.0909. The molecule has 0 radical (unpaired) electrons. The van der Waals surface area contributed by atoms with Crippen LogP contribution in [0.25, 0.3) is 11.1 Å². The highest BCUT2D eigenvalue weighted by Gasteiger charge is 2.13. The molecule has 82 valence electrons. The third kappa shape index (κ3) is 2.03. The maximum Gasteiger partial charge on any atom is 0.311 e. The molecular formula is C11H9NO4. The Kier molecular flexibility index (Phi) is 2.59. The summed E-state index contributed by atoms with van der Waals surface area (Å²) < 4.78 is 4.87. The highest BCUT2D eigenvalue weighted by atomic mass is 16.5. The quantitative estimate of drug-likeness (QED) is 0.820. The molecular weight excluding hydrogens is 210 g/mol. The van der Waals surface area contributed by atoms with Crippen LogP contribution in [-0.4, -0.2) is 21.3 Å². The molecule has 0 aliphatic carbocycles. The maximum atomic E-state index is 10.6. The van der Waals surface area contributed by atoms with Crippen molar-refractivity contribution in [2.75, 3.05) is 0 Å². The predicted molar refractivity (Wildman–Crippen MR) is 54.9 cm³/mol. The lowest BCUT2D eigenvalue weighted by molar-refractivity contribution is -0.136. The van der Waals surface area contributed by atoms with Crippen molar-refractivity contribution < 1.29 is 19.5 Å². The minimum absolute atomic E-state index is 0.153. The lowest BCUT2D eigenvalue weighted by Crippen LogP contribution is -1.99. The van der Waals surface area contributed by atoms with Gasteiger partial charge in [0.2, 0.25) is 0 Å². The molecule has 1 aromatic carbocycles. The van der Waals surface area contributed by atoms with E-state index in [0.29, 0.717) is 11.3 Å². The number of phenols is 1. The number of rotatable bonds is 3. The number of benzene rings is 1. The fourth-order valence-corrected chi connectivity index (χ4v) is 1.41. The third-order valence-electron chi connectivity index (χ3n) is 2.14. The zero-order chi connectivity index (χ0) is 11.5. The lowest BCUT2D eigenvalue weighted by Gasteiger charge is -1.99. The van der Waals surface area contributed by atoms with Crippen molar-refractivity contribution in [3.63, 3.8) is 0 Å². The molecule has 0 spiro atoms. The molecule has 0 aliphatic heterocycles. The molecule has 16 heavy (non-hydrogen) atoms. The highest BCUT2D eigenvalue weighted by Crippen LogP contribution is 2.25. The van der Waals surface area contributed by atoms with Gasteiger partial charge in [-0.25, -0.2) is 0 Å². The molecule has 2 N–H and O–H groups in total. The largest absolute Gasteiger partial charge is 0.508 e. The van der Waals surface area contributed by atoms with Gasteiger partial charge in [-0.05, 0) is 17.7 Å². The summed E-state index contributed by atoms with van der Waals surface area (Å²) in [6.45, 7) is 0. The summed E-state index contributed by atoms with van der Waals surface area (Å²) in [5.74, 6) is -0.519. The highest BCUT2D eigenvalue weighted by molar-refractivity contribution is 5.74. The van der Waals surface area contributed by atoms with E-state index in [0.717, 1.165) is 5.56 Å². The number of carbonyl (C=O) groups is 1. The van der Waals surface area contributed by atoms with E-state index < -0.39 is 5.97 Å². The Labute approximate surface area is 90.9 Å². The molecule has 5 heteroatoms. The van der Waals surface area contributed by atoms with E-state index >= 15 is 0 Å². The van der Waals surface area contributed by atoms with Gasteiger partial charge in [0.25, 0.3) is 0 Å². The zero-order valence-corrected chi connectivity index (χ0v) is 8.25. The van der Waals surface area contributed by atoms with Crippen LogP contribution in [-0.2, 0) is 11.2 Å². The van der Waals surface area contributed by atoms with Crippen molar-refractivity contribution in [1.82, 2.24) is 5.16 Å². The minimum Gasteiger partial charge on any atom is -0.508 e. The van der Waals surface area contributed by atoms with Crippen LogP contribution in [0.3, 0.4) is 0 Å². The normalized spacial score (nSPS) is 10.2. The van der Waals surface area contributed by atoms with Crippen LogP contribution in [0.1, 0.15) is 5.76 Å².